The number of hydrogen-bond donors (Lipinski definition) is 1. The third-order valence-electron chi connectivity index (χ3n) is 2.87. The number of benzene rings is 1. The predicted octanol–water partition coefficient (Wildman–Crippen LogP) is 2.37. The molecule has 0 unspecified atom stereocenters. The molecule has 0 spiro atoms. The summed E-state index contributed by atoms with van der Waals surface area (Å²) in [7, 11) is 0. The summed E-state index contributed by atoms with van der Waals surface area (Å²) >= 11 is 0. The molecule has 0 aliphatic rings. The van der Waals surface area contributed by atoms with E-state index in [0.717, 1.165) is 0 Å². The summed E-state index contributed by atoms with van der Waals surface area (Å²) in [4.78, 5) is 12.2. The van der Waals surface area contributed by atoms with Crippen molar-refractivity contribution in [1.82, 2.24) is 0 Å². The number of rotatable bonds is 6. The van der Waals surface area contributed by atoms with Gasteiger partial charge in [0.2, 0.25) is 0 Å². The molecule has 1 heterocycles. The maximum Gasteiger partial charge on any atom is 0.256 e. The Morgan fingerprint density at radius 3 is 2.45 bits per heavy atom. The first-order valence-corrected chi connectivity index (χ1v) is 7.03. The van der Waals surface area contributed by atoms with E-state index in [1.165, 1.54) is 24.5 Å². The molecule has 0 aliphatic heterocycles. The predicted molar refractivity (Wildman–Crippen MR) is 82.1 cm³/mol. The Morgan fingerprint density at radius 2 is 1.82 bits per heavy atom. The van der Waals surface area contributed by atoms with Crippen molar-refractivity contribution in [2.75, 3.05) is 18.5 Å². The molecule has 0 radical (unpaired) electrons. The average molecular weight is 302 g/mol. The van der Waals surface area contributed by atoms with Gasteiger partial charge in [0.25, 0.3) is 5.91 Å². The highest BCUT2D eigenvalue weighted by atomic mass is 16.5. The largest absolute Gasteiger partial charge is 0.619 e. The van der Waals surface area contributed by atoms with E-state index >= 15 is 0 Å². The fourth-order valence-electron chi connectivity index (χ4n) is 1.90. The van der Waals surface area contributed by atoms with Crippen LogP contribution in [0.4, 0.5) is 5.69 Å². The normalized spacial score (nSPS) is 10.1. The Bertz CT molecular complexity index is 641. The number of carbonyl (C=O) groups is 1. The third-order valence-corrected chi connectivity index (χ3v) is 2.87. The Labute approximate surface area is 128 Å². The van der Waals surface area contributed by atoms with E-state index in [1.54, 1.807) is 18.2 Å². The van der Waals surface area contributed by atoms with Crippen LogP contribution in [0.25, 0.3) is 0 Å². The van der Waals surface area contributed by atoms with Crippen LogP contribution in [-0.4, -0.2) is 19.1 Å². The summed E-state index contributed by atoms with van der Waals surface area (Å²) in [5.41, 5.74) is 0.910. The molecule has 0 saturated heterocycles. The first kappa shape index (κ1) is 15.6. The Hall–Kier alpha value is -2.76. The van der Waals surface area contributed by atoms with Gasteiger partial charge in [0.15, 0.2) is 12.4 Å². The van der Waals surface area contributed by atoms with E-state index in [4.69, 9.17) is 9.47 Å². The first-order chi connectivity index (χ1) is 10.6. The second-order valence-electron chi connectivity index (χ2n) is 4.42. The molecule has 0 bridgehead atoms. The van der Waals surface area contributed by atoms with Crippen LogP contribution in [0.3, 0.4) is 0 Å². The van der Waals surface area contributed by atoms with Gasteiger partial charge in [-0.25, -0.2) is 0 Å². The highest BCUT2D eigenvalue weighted by Crippen LogP contribution is 2.29. The first-order valence-electron chi connectivity index (χ1n) is 7.03. The van der Waals surface area contributed by atoms with E-state index in [2.05, 4.69) is 5.32 Å². The van der Waals surface area contributed by atoms with Gasteiger partial charge in [0.1, 0.15) is 11.5 Å². The lowest BCUT2D eigenvalue weighted by atomic mass is 10.2. The second kappa shape index (κ2) is 7.31. The van der Waals surface area contributed by atoms with Crippen molar-refractivity contribution in [1.29, 1.82) is 0 Å². The van der Waals surface area contributed by atoms with Crippen molar-refractivity contribution in [3.63, 3.8) is 0 Å². The fraction of sp³-hybridized carbons (Fsp3) is 0.250. The standard InChI is InChI=1S/C16H18N2O4/c1-3-21-13-5-6-15(22-4-2)14(11-13)17-16(19)12-7-9-18(20)10-8-12/h5-11H,3-4H2,1-2H3,(H,17,19). The van der Waals surface area contributed by atoms with Crippen LogP contribution in [0, 0.1) is 5.21 Å². The van der Waals surface area contributed by atoms with Crippen LogP contribution in [0.2, 0.25) is 0 Å². The lowest BCUT2D eigenvalue weighted by Gasteiger charge is -2.13. The molecule has 2 rings (SSSR count). The molecule has 1 N–H and O–H groups in total. The SMILES string of the molecule is CCOc1ccc(OCC)c(NC(=O)c2cc[n+]([O-])cc2)c1. The van der Waals surface area contributed by atoms with Gasteiger partial charge in [-0.1, -0.05) is 0 Å². The van der Waals surface area contributed by atoms with Crippen LogP contribution >= 0.6 is 0 Å². The number of carbonyl (C=O) groups excluding carboxylic acids is 1. The van der Waals surface area contributed by atoms with Crippen LogP contribution in [0.1, 0.15) is 24.2 Å². The third kappa shape index (κ3) is 3.88. The van der Waals surface area contributed by atoms with Crippen molar-refractivity contribution >= 4 is 11.6 Å². The zero-order valence-corrected chi connectivity index (χ0v) is 12.5. The van der Waals surface area contributed by atoms with Gasteiger partial charge in [0, 0.05) is 18.2 Å². The molecule has 22 heavy (non-hydrogen) atoms. The summed E-state index contributed by atoms with van der Waals surface area (Å²) in [5, 5.41) is 13.8. The van der Waals surface area contributed by atoms with E-state index in [1.807, 2.05) is 13.8 Å². The smallest absolute Gasteiger partial charge is 0.256 e. The van der Waals surface area contributed by atoms with E-state index in [9.17, 15) is 10.0 Å². The highest BCUT2D eigenvalue weighted by molar-refractivity contribution is 6.05. The molecule has 6 nitrogen and oxygen atoms in total. The monoisotopic (exact) mass is 302 g/mol. The minimum atomic E-state index is -0.324. The lowest BCUT2D eigenvalue weighted by molar-refractivity contribution is -0.605. The molecule has 1 amide bonds. The summed E-state index contributed by atoms with van der Waals surface area (Å²) in [6, 6.07) is 8.15. The van der Waals surface area contributed by atoms with Crippen LogP contribution in [0.15, 0.2) is 42.7 Å². The number of nitrogens with one attached hydrogen (secondary N) is 1. The van der Waals surface area contributed by atoms with Gasteiger partial charge in [-0.3, -0.25) is 4.79 Å². The molecule has 0 saturated carbocycles. The van der Waals surface area contributed by atoms with Crippen LogP contribution < -0.4 is 19.5 Å². The quantitative estimate of drug-likeness (QED) is 0.656. The minimum Gasteiger partial charge on any atom is -0.619 e. The number of hydrogen-bond acceptors (Lipinski definition) is 4. The Balaban J connectivity index is 2.23. The fourth-order valence-corrected chi connectivity index (χ4v) is 1.90. The minimum absolute atomic E-state index is 0.324. The molecule has 1 aromatic heterocycles. The zero-order chi connectivity index (χ0) is 15.9. The topological polar surface area (TPSA) is 74.5 Å². The molecule has 6 heteroatoms. The van der Waals surface area contributed by atoms with Gasteiger partial charge in [-0.15, -0.1) is 0 Å². The number of pyridine rings is 1. The van der Waals surface area contributed by atoms with Gasteiger partial charge < -0.3 is 20.0 Å². The molecule has 0 fully saturated rings. The van der Waals surface area contributed by atoms with E-state index < -0.39 is 0 Å². The number of anilines is 1. The highest BCUT2D eigenvalue weighted by Gasteiger charge is 2.12. The van der Waals surface area contributed by atoms with Gasteiger partial charge in [-0.2, -0.15) is 4.73 Å². The maximum absolute atomic E-state index is 12.2. The van der Waals surface area contributed by atoms with E-state index in [-0.39, 0.29) is 5.91 Å². The zero-order valence-electron chi connectivity index (χ0n) is 12.5. The molecule has 1 aromatic carbocycles. The molecular formula is C16H18N2O4. The molecule has 0 aliphatic carbocycles. The van der Waals surface area contributed by atoms with Crippen molar-refractivity contribution in [2.24, 2.45) is 0 Å². The van der Waals surface area contributed by atoms with Crippen molar-refractivity contribution in [2.45, 2.75) is 13.8 Å². The molecule has 116 valence electrons. The maximum atomic E-state index is 12.2. The summed E-state index contributed by atoms with van der Waals surface area (Å²) in [6.07, 6.45) is 2.55. The van der Waals surface area contributed by atoms with Crippen LogP contribution in [0.5, 0.6) is 11.5 Å². The number of ether oxygens (including phenoxy) is 2. The van der Waals surface area contributed by atoms with Crippen molar-refractivity contribution < 1.29 is 19.0 Å². The molecule has 2 aromatic rings. The van der Waals surface area contributed by atoms with Crippen LogP contribution in [-0.2, 0) is 0 Å². The van der Waals surface area contributed by atoms with Gasteiger partial charge in [-0.05, 0) is 26.0 Å². The van der Waals surface area contributed by atoms with Gasteiger partial charge in [0.05, 0.1) is 24.5 Å². The van der Waals surface area contributed by atoms with Crippen molar-refractivity contribution in [3.8, 4) is 11.5 Å². The molecule has 0 atom stereocenters. The Kier molecular flexibility index (Phi) is 5.19. The lowest BCUT2D eigenvalue weighted by Crippen LogP contribution is -2.25. The second-order valence-corrected chi connectivity index (χ2v) is 4.42. The average Bonchev–Trinajstić information content (AvgIpc) is 2.51. The summed E-state index contributed by atoms with van der Waals surface area (Å²) < 4.78 is 11.6. The van der Waals surface area contributed by atoms with E-state index in [0.29, 0.717) is 40.7 Å². The van der Waals surface area contributed by atoms with Gasteiger partial charge >= 0.3 is 0 Å². The molecular weight excluding hydrogens is 284 g/mol. The Morgan fingerprint density at radius 1 is 1.14 bits per heavy atom. The summed E-state index contributed by atoms with van der Waals surface area (Å²) in [6.45, 7) is 4.77. The number of nitrogens with zero attached hydrogens (tertiary/aromatic N) is 1. The number of amides is 1. The van der Waals surface area contributed by atoms with Crippen molar-refractivity contribution in [3.05, 3.63) is 53.5 Å². The summed E-state index contributed by atoms with van der Waals surface area (Å²) in [5.74, 6) is 0.885. The number of aromatic nitrogens is 1.